The van der Waals surface area contributed by atoms with Gasteiger partial charge in [-0.3, -0.25) is 0 Å². The number of nitrogens with zero attached hydrogens (tertiary/aromatic N) is 2. The van der Waals surface area contributed by atoms with Crippen molar-refractivity contribution in [1.82, 2.24) is 4.98 Å². The lowest BCUT2D eigenvalue weighted by molar-refractivity contribution is 0.749. The van der Waals surface area contributed by atoms with Crippen molar-refractivity contribution in [2.75, 3.05) is 24.0 Å². The fraction of sp³-hybridized carbons (Fsp3) is 0.400. The minimum absolute atomic E-state index is 0.439. The van der Waals surface area contributed by atoms with Gasteiger partial charge in [-0.05, 0) is 25.3 Å². The van der Waals surface area contributed by atoms with Crippen LogP contribution >= 0.6 is 11.8 Å². The molecule has 3 nitrogen and oxygen atoms in total. The van der Waals surface area contributed by atoms with Gasteiger partial charge in [0.25, 0.3) is 0 Å². The fourth-order valence-electron chi connectivity index (χ4n) is 2.17. The summed E-state index contributed by atoms with van der Waals surface area (Å²) in [4.78, 5) is 7.01. The number of anilines is 1. The maximum atomic E-state index is 5.88. The van der Waals surface area contributed by atoms with Gasteiger partial charge in [-0.25, -0.2) is 4.98 Å². The number of fused-ring (bicyclic) bond motifs is 1. The molecule has 0 aliphatic rings. The Labute approximate surface area is 119 Å². The van der Waals surface area contributed by atoms with Crippen LogP contribution in [0.3, 0.4) is 0 Å². The van der Waals surface area contributed by atoms with Crippen LogP contribution in [0.15, 0.2) is 30.3 Å². The predicted octanol–water partition coefficient (Wildman–Crippen LogP) is 2.88. The van der Waals surface area contributed by atoms with Gasteiger partial charge in [0.2, 0.25) is 0 Å². The van der Waals surface area contributed by atoms with E-state index in [1.54, 1.807) is 0 Å². The first kappa shape index (κ1) is 14.2. The van der Waals surface area contributed by atoms with E-state index in [1.165, 1.54) is 0 Å². The second kappa shape index (κ2) is 6.26. The summed E-state index contributed by atoms with van der Waals surface area (Å²) in [6.07, 6.45) is 2.13. The van der Waals surface area contributed by atoms with Crippen LogP contribution < -0.4 is 10.6 Å². The maximum absolute atomic E-state index is 5.88. The van der Waals surface area contributed by atoms with E-state index in [0.29, 0.717) is 12.6 Å². The van der Waals surface area contributed by atoms with E-state index in [9.17, 15) is 0 Å². The second-order valence-electron chi connectivity index (χ2n) is 4.78. The van der Waals surface area contributed by atoms with Crippen LogP contribution in [0.25, 0.3) is 10.9 Å². The highest BCUT2D eigenvalue weighted by Crippen LogP contribution is 2.24. The summed E-state index contributed by atoms with van der Waals surface area (Å²) in [6.45, 7) is 2.73. The first-order chi connectivity index (χ1) is 9.17. The van der Waals surface area contributed by atoms with Gasteiger partial charge in [-0.15, -0.1) is 0 Å². The Morgan fingerprint density at radius 3 is 2.79 bits per heavy atom. The van der Waals surface area contributed by atoms with Gasteiger partial charge < -0.3 is 10.6 Å². The van der Waals surface area contributed by atoms with Crippen LogP contribution in [-0.2, 0) is 6.54 Å². The lowest BCUT2D eigenvalue weighted by atomic mass is 10.1. The third-order valence-electron chi connectivity index (χ3n) is 3.40. The van der Waals surface area contributed by atoms with Gasteiger partial charge in [0, 0.05) is 36.3 Å². The Kier molecular flexibility index (Phi) is 4.66. The number of hydrogen-bond donors (Lipinski definition) is 1. The van der Waals surface area contributed by atoms with Crippen molar-refractivity contribution in [3.8, 4) is 0 Å². The Morgan fingerprint density at radius 2 is 2.11 bits per heavy atom. The van der Waals surface area contributed by atoms with Crippen LogP contribution in [0.2, 0.25) is 0 Å². The van der Waals surface area contributed by atoms with Gasteiger partial charge >= 0.3 is 0 Å². The van der Waals surface area contributed by atoms with Crippen molar-refractivity contribution in [1.29, 1.82) is 0 Å². The van der Waals surface area contributed by atoms with Gasteiger partial charge in [-0.1, -0.05) is 18.2 Å². The maximum Gasteiger partial charge on any atom is 0.133 e. The number of para-hydroxylation sites is 1. The van der Waals surface area contributed by atoms with Crippen molar-refractivity contribution >= 4 is 28.5 Å². The van der Waals surface area contributed by atoms with Crippen LogP contribution in [0, 0.1) is 0 Å². The first-order valence-electron chi connectivity index (χ1n) is 6.48. The Balaban J connectivity index is 2.45. The molecule has 0 spiro atoms. The molecule has 2 aromatic rings. The average Bonchev–Trinajstić information content (AvgIpc) is 2.45. The highest BCUT2D eigenvalue weighted by atomic mass is 32.2. The van der Waals surface area contributed by atoms with E-state index in [4.69, 9.17) is 10.7 Å². The molecule has 1 unspecified atom stereocenters. The number of aromatic nitrogens is 1. The molecule has 1 heterocycles. The summed E-state index contributed by atoms with van der Waals surface area (Å²) >= 11 is 1.85. The Bertz CT molecular complexity index is 556. The number of benzene rings is 1. The van der Waals surface area contributed by atoms with Crippen molar-refractivity contribution in [2.45, 2.75) is 19.5 Å². The number of hydrogen-bond acceptors (Lipinski definition) is 4. The molecule has 0 bridgehead atoms. The van der Waals surface area contributed by atoms with Crippen molar-refractivity contribution in [2.24, 2.45) is 5.73 Å². The highest BCUT2D eigenvalue weighted by Gasteiger charge is 2.15. The van der Waals surface area contributed by atoms with Gasteiger partial charge in [0.1, 0.15) is 5.82 Å². The van der Waals surface area contributed by atoms with Crippen LogP contribution in [0.5, 0.6) is 0 Å². The molecule has 0 saturated heterocycles. The van der Waals surface area contributed by atoms with E-state index in [-0.39, 0.29) is 0 Å². The van der Waals surface area contributed by atoms with Crippen molar-refractivity contribution in [3.63, 3.8) is 0 Å². The van der Waals surface area contributed by atoms with E-state index in [2.05, 4.69) is 37.3 Å². The zero-order chi connectivity index (χ0) is 13.8. The number of nitrogens with two attached hydrogens (primary N) is 1. The molecule has 2 N–H and O–H groups in total. The third-order valence-corrected chi connectivity index (χ3v) is 4.22. The van der Waals surface area contributed by atoms with Crippen LogP contribution in [0.4, 0.5) is 5.82 Å². The zero-order valence-corrected chi connectivity index (χ0v) is 12.6. The molecular weight excluding hydrogens is 254 g/mol. The SMILES string of the molecule is CSCC(C)N(C)c1nc2ccccc2cc1CN. The molecule has 4 heteroatoms. The molecule has 0 saturated carbocycles. The van der Waals surface area contributed by atoms with E-state index in [1.807, 2.05) is 30.0 Å². The van der Waals surface area contributed by atoms with E-state index in [0.717, 1.165) is 28.0 Å². The quantitative estimate of drug-likeness (QED) is 0.911. The summed E-state index contributed by atoms with van der Waals surface area (Å²) in [5.74, 6) is 2.08. The minimum Gasteiger partial charge on any atom is -0.356 e. The van der Waals surface area contributed by atoms with Gasteiger partial charge in [-0.2, -0.15) is 11.8 Å². The van der Waals surface area contributed by atoms with Gasteiger partial charge in [0.05, 0.1) is 5.52 Å². The molecule has 102 valence electrons. The number of thioether (sulfide) groups is 1. The van der Waals surface area contributed by atoms with E-state index >= 15 is 0 Å². The van der Waals surface area contributed by atoms with Crippen molar-refractivity contribution in [3.05, 3.63) is 35.9 Å². The summed E-state index contributed by atoms with van der Waals surface area (Å²) in [6, 6.07) is 10.8. The monoisotopic (exact) mass is 275 g/mol. The molecule has 2 rings (SSSR count). The molecule has 1 aromatic heterocycles. The summed E-state index contributed by atoms with van der Waals surface area (Å²) in [5, 5.41) is 1.15. The lowest BCUT2D eigenvalue weighted by Gasteiger charge is -2.27. The summed E-state index contributed by atoms with van der Waals surface area (Å²) in [7, 11) is 2.09. The van der Waals surface area contributed by atoms with Crippen LogP contribution in [0.1, 0.15) is 12.5 Å². The normalized spacial score (nSPS) is 12.6. The topological polar surface area (TPSA) is 42.2 Å². The average molecular weight is 275 g/mol. The minimum atomic E-state index is 0.439. The molecule has 1 atom stereocenters. The molecule has 0 amide bonds. The zero-order valence-electron chi connectivity index (χ0n) is 11.8. The summed E-state index contributed by atoms with van der Waals surface area (Å²) < 4.78 is 0. The summed E-state index contributed by atoms with van der Waals surface area (Å²) in [5.41, 5.74) is 8.01. The smallest absolute Gasteiger partial charge is 0.133 e. The standard InChI is InChI=1S/C15H21N3S/c1-11(10-19-3)18(2)15-13(9-16)8-12-6-4-5-7-14(12)17-15/h4-8,11H,9-10,16H2,1-3H3. The molecule has 0 fully saturated rings. The van der Waals surface area contributed by atoms with Crippen LogP contribution in [-0.4, -0.2) is 30.1 Å². The predicted molar refractivity (Wildman–Crippen MR) is 85.9 cm³/mol. The number of rotatable bonds is 5. The van der Waals surface area contributed by atoms with Crippen molar-refractivity contribution < 1.29 is 0 Å². The second-order valence-corrected chi connectivity index (χ2v) is 5.69. The van der Waals surface area contributed by atoms with Gasteiger partial charge in [0.15, 0.2) is 0 Å². The van der Waals surface area contributed by atoms with E-state index < -0.39 is 0 Å². The Hall–Kier alpha value is -1.26. The largest absolute Gasteiger partial charge is 0.356 e. The molecule has 1 aromatic carbocycles. The highest BCUT2D eigenvalue weighted by molar-refractivity contribution is 7.98. The fourth-order valence-corrected chi connectivity index (χ4v) is 2.87. The molecule has 0 aliphatic carbocycles. The first-order valence-corrected chi connectivity index (χ1v) is 7.87. The lowest BCUT2D eigenvalue weighted by Crippen LogP contribution is -2.32. The molecular formula is C15H21N3S. The molecule has 0 radical (unpaired) electrons. The Morgan fingerprint density at radius 1 is 1.37 bits per heavy atom. The molecule has 0 aliphatic heterocycles. The molecule has 19 heavy (non-hydrogen) atoms. The third kappa shape index (κ3) is 3.01. The number of pyridine rings is 1.